The van der Waals surface area contributed by atoms with Crippen LogP contribution in [0.3, 0.4) is 0 Å². The first-order chi connectivity index (χ1) is 18.9. The summed E-state index contributed by atoms with van der Waals surface area (Å²) < 4.78 is 34.2. The van der Waals surface area contributed by atoms with E-state index in [0.717, 1.165) is 24.0 Å². The van der Waals surface area contributed by atoms with Crippen LogP contribution in [-0.2, 0) is 43.5 Å². The van der Waals surface area contributed by atoms with Gasteiger partial charge in [-0.1, -0.05) is 29.3 Å². The third-order valence-electron chi connectivity index (χ3n) is 7.19. The number of allylic oxidation sites excluding steroid dienone is 2. The third-order valence-corrected chi connectivity index (χ3v) is 8.85. The molecule has 3 aliphatic rings. The highest BCUT2D eigenvalue weighted by molar-refractivity contribution is 7.90. The van der Waals surface area contributed by atoms with Gasteiger partial charge < -0.3 is 24.5 Å². The third kappa shape index (κ3) is 5.63. The zero-order valence-corrected chi connectivity index (χ0v) is 23.7. The number of amides is 2. The molecule has 0 bridgehead atoms. The highest BCUT2D eigenvalue weighted by Gasteiger charge is 2.33. The highest BCUT2D eigenvalue weighted by Crippen LogP contribution is 2.36. The van der Waals surface area contributed by atoms with Crippen LogP contribution in [0.2, 0.25) is 10.0 Å². The number of carbonyl (C=O) groups is 3. The van der Waals surface area contributed by atoms with Gasteiger partial charge in [0.2, 0.25) is 20.8 Å². The largest absolute Gasteiger partial charge is 0.493 e. The fourth-order valence-corrected chi connectivity index (χ4v) is 6.46. The Labute approximate surface area is 240 Å². The van der Waals surface area contributed by atoms with E-state index >= 15 is 0 Å². The minimum Gasteiger partial charge on any atom is -0.493 e. The Hall–Kier alpha value is -3.28. The van der Waals surface area contributed by atoms with Crippen LogP contribution in [0.1, 0.15) is 40.1 Å². The summed E-state index contributed by atoms with van der Waals surface area (Å²) in [6.45, 7) is 1.29. The monoisotopic (exact) mass is 608 g/mol. The molecule has 5 rings (SSSR count). The maximum Gasteiger partial charge on any atom is 0.326 e. The predicted molar refractivity (Wildman–Crippen MR) is 145 cm³/mol. The molecule has 0 saturated carbocycles. The molecular weight excluding hydrogens is 583 g/mol. The number of rotatable bonds is 7. The highest BCUT2D eigenvalue weighted by atomic mass is 35.5. The number of carboxylic acids is 1. The molecule has 1 saturated heterocycles. The molecule has 2 atom stereocenters. The molecule has 1 aliphatic carbocycles. The zero-order chi connectivity index (χ0) is 28.8. The first-order valence-electron chi connectivity index (χ1n) is 12.6. The van der Waals surface area contributed by atoms with Gasteiger partial charge in [0.1, 0.15) is 17.6 Å². The number of aliphatic carboxylic acids is 1. The van der Waals surface area contributed by atoms with Crippen molar-refractivity contribution in [1.82, 2.24) is 10.2 Å². The van der Waals surface area contributed by atoms with Crippen LogP contribution in [0, 0.1) is 5.92 Å². The number of nitrogens with zero attached hydrogens (tertiary/aromatic N) is 1. The molecule has 1 unspecified atom stereocenters. The van der Waals surface area contributed by atoms with Crippen LogP contribution in [0.25, 0.3) is 0 Å². The average Bonchev–Trinajstić information content (AvgIpc) is 3.56. The number of carbonyl (C=O) groups excluding carboxylic acids is 2. The van der Waals surface area contributed by atoms with Crippen molar-refractivity contribution in [3.8, 4) is 0 Å². The summed E-state index contributed by atoms with van der Waals surface area (Å²) in [5, 5.41) is 11.9. The summed E-state index contributed by atoms with van der Waals surface area (Å²) in [6, 6.07) is 2.70. The van der Waals surface area contributed by atoms with Crippen LogP contribution in [0.5, 0.6) is 0 Å². The second-order valence-electron chi connectivity index (χ2n) is 9.96. The summed E-state index contributed by atoms with van der Waals surface area (Å²) in [5.74, 6) is -1.64. The van der Waals surface area contributed by atoms with Crippen LogP contribution in [0.15, 0.2) is 51.2 Å². The number of benzene rings is 1. The number of carboxylic acid groups (broad SMARTS) is 1. The van der Waals surface area contributed by atoms with Gasteiger partial charge in [-0.2, -0.15) is 0 Å². The summed E-state index contributed by atoms with van der Waals surface area (Å²) in [4.78, 5) is 40.0. The van der Waals surface area contributed by atoms with Gasteiger partial charge in [-0.15, -0.1) is 0 Å². The summed E-state index contributed by atoms with van der Waals surface area (Å²) in [5.41, 5.74) is 2.45. The lowest BCUT2D eigenvalue weighted by molar-refractivity contribution is -0.139. The Kier molecular flexibility index (Phi) is 7.73. The number of nitrogens with one attached hydrogen (secondary N) is 1. The van der Waals surface area contributed by atoms with Gasteiger partial charge in [0.15, 0.2) is 0 Å². The van der Waals surface area contributed by atoms with Crippen molar-refractivity contribution in [2.24, 2.45) is 5.92 Å². The molecule has 10 nitrogen and oxygen atoms in total. The number of hydrogen-bond acceptors (Lipinski definition) is 7. The Morgan fingerprint density at radius 2 is 2.00 bits per heavy atom. The van der Waals surface area contributed by atoms with Crippen LogP contribution in [0.4, 0.5) is 0 Å². The molecular formula is C27H26Cl2N2O8S. The van der Waals surface area contributed by atoms with Gasteiger partial charge in [0.05, 0.1) is 28.1 Å². The molecule has 2 aliphatic heterocycles. The number of furan rings is 1. The number of fused-ring (bicyclic) bond motifs is 2. The van der Waals surface area contributed by atoms with E-state index in [1.54, 1.807) is 11.0 Å². The van der Waals surface area contributed by atoms with Crippen molar-refractivity contribution in [2.45, 2.75) is 43.4 Å². The van der Waals surface area contributed by atoms with Crippen molar-refractivity contribution in [3.05, 3.63) is 74.2 Å². The van der Waals surface area contributed by atoms with E-state index in [9.17, 15) is 27.9 Å². The van der Waals surface area contributed by atoms with Crippen molar-refractivity contribution < 1.29 is 37.1 Å². The Morgan fingerprint density at radius 3 is 2.70 bits per heavy atom. The molecule has 1 aromatic carbocycles. The lowest BCUT2D eigenvalue weighted by Crippen LogP contribution is -2.43. The van der Waals surface area contributed by atoms with E-state index in [2.05, 4.69) is 11.4 Å². The summed E-state index contributed by atoms with van der Waals surface area (Å²) in [7, 11) is -3.62. The van der Waals surface area contributed by atoms with Gasteiger partial charge >= 0.3 is 5.97 Å². The molecule has 3 heterocycles. The summed E-state index contributed by atoms with van der Waals surface area (Å²) in [6.07, 6.45) is 6.47. The van der Waals surface area contributed by atoms with E-state index < -0.39 is 27.8 Å². The Morgan fingerprint density at radius 1 is 1.23 bits per heavy atom. The quantitative estimate of drug-likeness (QED) is 0.486. The van der Waals surface area contributed by atoms with Crippen molar-refractivity contribution in [1.29, 1.82) is 0 Å². The molecule has 1 fully saturated rings. The summed E-state index contributed by atoms with van der Waals surface area (Å²) >= 11 is 13.1. The van der Waals surface area contributed by atoms with Crippen molar-refractivity contribution in [2.75, 3.05) is 19.4 Å². The number of hydrogen-bond donors (Lipinski definition) is 2. The SMILES string of the molecule is CS(=O)(=O)c1ccc(C[C@H](NC(=O)c2c(Cl)cc3c(c2Cl)CCN(C(=O)C2C=C4OCCC4=CC2)C3)C(=O)O)o1. The Bertz CT molecular complexity index is 1580. The molecule has 0 spiro atoms. The fraction of sp³-hybridized carbons (Fsp3) is 0.370. The first kappa shape index (κ1) is 28.3. The van der Waals surface area contributed by atoms with Gasteiger partial charge in [-0.25, -0.2) is 13.2 Å². The molecule has 0 radical (unpaired) electrons. The van der Waals surface area contributed by atoms with E-state index in [1.807, 2.05) is 6.08 Å². The van der Waals surface area contributed by atoms with E-state index in [0.29, 0.717) is 37.1 Å². The van der Waals surface area contributed by atoms with E-state index in [-0.39, 0.29) is 51.3 Å². The van der Waals surface area contributed by atoms with Gasteiger partial charge in [-0.05, 0) is 53.8 Å². The molecule has 40 heavy (non-hydrogen) atoms. The minimum atomic E-state index is -3.62. The normalized spacial score (nSPS) is 19.1. The standard InChI is InChI=1S/C27H26Cl2N2O8S/c1-40(36,37)22-5-4-17(39-22)12-20(27(34)35)30-25(32)23-19(28)10-16-13-31(8-6-18(16)24(23)29)26(33)15-3-2-14-7-9-38-21(14)11-15/h2,4-5,10-11,15,20H,3,6-9,12-13H2,1H3,(H,30,32)(H,34,35)/t15?,20-/m0/s1. The Balaban J connectivity index is 1.31. The van der Waals surface area contributed by atoms with Crippen LogP contribution < -0.4 is 5.32 Å². The number of sulfone groups is 1. The van der Waals surface area contributed by atoms with Crippen LogP contribution in [-0.4, -0.2) is 61.7 Å². The fourth-order valence-electron chi connectivity index (χ4n) is 5.12. The molecule has 2 aromatic rings. The molecule has 1 aromatic heterocycles. The zero-order valence-electron chi connectivity index (χ0n) is 21.4. The number of halogens is 2. The molecule has 2 amide bonds. The molecule has 13 heteroatoms. The average molecular weight is 609 g/mol. The molecule has 212 valence electrons. The van der Waals surface area contributed by atoms with Crippen LogP contribution >= 0.6 is 23.2 Å². The van der Waals surface area contributed by atoms with E-state index in [4.69, 9.17) is 32.4 Å². The maximum absolute atomic E-state index is 13.3. The minimum absolute atomic E-state index is 0.0174. The van der Waals surface area contributed by atoms with Crippen molar-refractivity contribution >= 4 is 50.8 Å². The van der Waals surface area contributed by atoms with Gasteiger partial charge in [-0.3, -0.25) is 9.59 Å². The first-order valence-corrected chi connectivity index (χ1v) is 15.2. The topological polar surface area (TPSA) is 143 Å². The smallest absolute Gasteiger partial charge is 0.326 e. The van der Waals surface area contributed by atoms with E-state index in [1.165, 1.54) is 12.1 Å². The lowest BCUT2D eigenvalue weighted by atomic mass is 9.91. The van der Waals surface area contributed by atoms with Crippen molar-refractivity contribution in [3.63, 3.8) is 0 Å². The van der Waals surface area contributed by atoms with Gasteiger partial charge in [0.25, 0.3) is 5.91 Å². The predicted octanol–water partition coefficient (Wildman–Crippen LogP) is 3.55. The molecule has 2 N–H and O–H groups in total. The number of ether oxygens (including phenoxy) is 1. The lowest BCUT2D eigenvalue weighted by Gasteiger charge is -2.32. The second kappa shape index (κ2) is 10.9. The second-order valence-corrected chi connectivity index (χ2v) is 12.7. The maximum atomic E-state index is 13.3. The van der Waals surface area contributed by atoms with Gasteiger partial charge in [0, 0.05) is 32.2 Å².